The largest absolute Gasteiger partial charge is 0.127 e. The first-order valence-corrected chi connectivity index (χ1v) is 5.02. The molecule has 0 aromatic rings. The van der Waals surface area contributed by atoms with Gasteiger partial charge in [0.1, 0.15) is 0 Å². The number of allylic oxidation sites excluding steroid dienone is 1. The van der Waals surface area contributed by atoms with Crippen molar-refractivity contribution < 1.29 is 0 Å². The van der Waals surface area contributed by atoms with Gasteiger partial charge >= 0.3 is 0 Å². The molecule has 0 unspecified atom stereocenters. The van der Waals surface area contributed by atoms with Crippen molar-refractivity contribution in [2.75, 3.05) is 5.88 Å². The van der Waals surface area contributed by atoms with Gasteiger partial charge in [0.25, 0.3) is 0 Å². The van der Waals surface area contributed by atoms with Crippen LogP contribution in [0, 0.1) is 0 Å². The first-order valence-electron chi connectivity index (χ1n) is 3.20. The summed E-state index contributed by atoms with van der Waals surface area (Å²) in [6.45, 7) is 4.27. The van der Waals surface area contributed by atoms with Gasteiger partial charge in [-0.25, -0.2) is 0 Å². The molecule has 0 heterocycles. The molecule has 0 rings (SSSR count). The summed E-state index contributed by atoms with van der Waals surface area (Å²) in [5.41, 5.74) is 3.70. The van der Waals surface area contributed by atoms with E-state index in [1.165, 1.54) is 11.6 Å². The van der Waals surface area contributed by atoms with E-state index < -0.39 is 0 Å². The highest BCUT2D eigenvalue weighted by Crippen LogP contribution is 1.94. The fraction of sp³-hybridized carbons (Fsp3) is 0.714. The summed E-state index contributed by atoms with van der Waals surface area (Å²) in [7, 11) is 0.973. The van der Waals surface area contributed by atoms with Crippen LogP contribution in [0.3, 0.4) is 0 Å². The standard InChI is InChI=1S/C7H13ClSi/c1-7(2)6-9-5-3-4-8/h6H,3-5H2,1-2H3. The lowest BCUT2D eigenvalue weighted by Gasteiger charge is -1.89. The second kappa shape index (κ2) is 6.37. The van der Waals surface area contributed by atoms with Gasteiger partial charge in [0.05, 0.1) is 9.52 Å². The monoisotopic (exact) mass is 160 g/mol. The van der Waals surface area contributed by atoms with Crippen LogP contribution in [0.1, 0.15) is 20.3 Å². The van der Waals surface area contributed by atoms with Gasteiger partial charge in [-0.1, -0.05) is 11.6 Å². The average Bonchev–Trinajstić information content (AvgIpc) is 1.80. The molecule has 52 valence electrons. The first-order chi connectivity index (χ1) is 4.27. The molecule has 9 heavy (non-hydrogen) atoms. The van der Waals surface area contributed by atoms with Crippen LogP contribution in [-0.2, 0) is 0 Å². The number of alkyl halides is 1. The van der Waals surface area contributed by atoms with Crippen molar-refractivity contribution in [1.29, 1.82) is 0 Å². The molecule has 0 aromatic heterocycles. The van der Waals surface area contributed by atoms with Gasteiger partial charge in [-0.15, -0.1) is 17.3 Å². The Balaban J connectivity index is 3.00. The molecular formula is C7H13ClSi. The minimum Gasteiger partial charge on any atom is -0.127 e. The molecule has 0 saturated carbocycles. The zero-order chi connectivity index (χ0) is 7.11. The van der Waals surface area contributed by atoms with Gasteiger partial charge in [0, 0.05) is 5.88 Å². The Morgan fingerprint density at radius 3 is 2.67 bits per heavy atom. The number of hydrogen-bond donors (Lipinski definition) is 0. The minimum absolute atomic E-state index is 0.809. The van der Waals surface area contributed by atoms with Crippen molar-refractivity contribution in [3.8, 4) is 0 Å². The van der Waals surface area contributed by atoms with E-state index >= 15 is 0 Å². The molecular weight excluding hydrogens is 148 g/mol. The predicted molar refractivity (Wildman–Crippen MR) is 45.3 cm³/mol. The maximum Gasteiger partial charge on any atom is 0.0702 e. The maximum absolute atomic E-state index is 5.50. The number of rotatable bonds is 4. The zero-order valence-electron chi connectivity index (χ0n) is 6.08. The Morgan fingerprint density at radius 1 is 1.56 bits per heavy atom. The second-order valence-corrected chi connectivity index (χ2v) is 3.79. The summed E-state index contributed by atoms with van der Waals surface area (Å²) in [6.07, 6.45) is 1.16. The summed E-state index contributed by atoms with van der Waals surface area (Å²) in [6, 6.07) is 1.26. The van der Waals surface area contributed by atoms with Gasteiger partial charge < -0.3 is 0 Å². The number of hydrogen-bond acceptors (Lipinski definition) is 0. The summed E-state index contributed by atoms with van der Waals surface area (Å²) < 4.78 is 0. The highest BCUT2D eigenvalue weighted by molar-refractivity contribution is 6.42. The van der Waals surface area contributed by atoms with Gasteiger partial charge in [-0.3, -0.25) is 0 Å². The molecule has 0 aliphatic carbocycles. The third-order valence-electron chi connectivity index (χ3n) is 0.845. The Bertz CT molecular complexity index is 84.9. The van der Waals surface area contributed by atoms with E-state index in [4.69, 9.17) is 11.6 Å². The van der Waals surface area contributed by atoms with Crippen molar-refractivity contribution in [2.45, 2.75) is 26.3 Å². The lowest BCUT2D eigenvalue weighted by Crippen LogP contribution is -1.85. The summed E-state index contributed by atoms with van der Waals surface area (Å²) in [5.74, 6) is 0.809. The van der Waals surface area contributed by atoms with Crippen molar-refractivity contribution in [3.63, 3.8) is 0 Å². The van der Waals surface area contributed by atoms with Crippen LogP contribution in [0.2, 0.25) is 6.04 Å². The Kier molecular flexibility index (Phi) is 6.54. The average molecular weight is 161 g/mol. The highest BCUT2D eigenvalue weighted by Gasteiger charge is 1.84. The molecule has 0 saturated heterocycles. The molecule has 0 fully saturated rings. The molecule has 0 N–H and O–H groups in total. The zero-order valence-corrected chi connectivity index (χ0v) is 7.83. The van der Waals surface area contributed by atoms with E-state index in [1.54, 1.807) is 0 Å². The Morgan fingerprint density at radius 2 is 2.22 bits per heavy atom. The van der Waals surface area contributed by atoms with Crippen molar-refractivity contribution >= 4 is 21.1 Å². The van der Waals surface area contributed by atoms with Crippen LogP contribution in [0.25, 0.3) is 0 Å². The maximum atomic E-state index is 5.50. The SMILES string of the molecule is CC(C)=C[Si]CCCCl. The van der Waals surface area contributed by atoms with Gasteiger partial charge in [0.15, 0.2) is 0 Å². The fourth-order valence-electron chi connectivity index (χ4n) is 0.445. The van der Waals surface area contributed by atoms with E-state index in [1.807, 2.05) is 0 Å². The van der Waals surface area contributed by atoms with E-state index in [0.29, 0.717) is 0 Å². The van der Waals surface area contributed by atoms with E-state index in [9.17, 15) is 0 Å². The third kappa shape index (κ3) is 8.25. The molecule has 0 atom stereocenters. The number of halogens is 1. The highest BCUT2D eigenvalue weighted by atomic mass is 35.5. The van der Waals surface area contributed by atoms with Crippen LogP contribution in [0.5, 0.6) is 0 Å². The van der Waals surface area contributed by atoms with Crippen molar-refractivity contribution in [3.05, 3.63) is 11.3 Å². The Labute approximate surface area is 65.1 Å². The van der Waals surface area contributed by atoms with E-state index in [-0.39, 0.29) is 0 Å². The Hall–Kier alpha value is 0.247. The quantitative estimate of drug-likeness (QED) is 0.337. The van der Waals surface area contributed by atoms with Gasteiger partial charge in [-0.05, 0) is 20.3 Å². The lowest BCUT2D eigenvalue weighted by atomic mass is 10.4. The molecule has 2 heteroatoms. The summed E-state index contributed by atoms with van der Waals surface area (Å²) in [5, 5.41) is 0. The smallest absolute Gasteiger partial charge is 0.0702 e. The normalized spacial score (nSPS) is 9.22. The van der Waals surface area contributed by atoms with Gasteiger partial charge in [0.2, 0.25) is 0 Å². The van der Waals surface area contributed by atoms with Crippen LogP contribution >= 0.6 is 11.6 Å². The van der Waals surface area contributed by atoms with Crippen LogP contribution in [-0.4, -0.2) is 15.4 Å². The van der Waals surface area contributed by atoms with Gasteiger partial charge in [-0.2, -0.15) is 0 Å². The lowest BCUT2D eigenvalue weighted by molar-refractivity contribution is 1.09. The summed E-state index contributed by atoms with van der Waals surface area (Å²) >= 11 is 5.50. The van der Waals surface area contributed by atoms with Crippen molar-refractivity contribution in [1.82, 2.24) is 0 Å². The van der Waals surface area contributed by atoms with Crippen LogP contribution < -0.4 is 0 Å². The van der Waals surface area contributed by atoms with E-state index in [0.717, 1.165) is 21.8 Å². The second-order valence-electron chi connectivity index (χ2n) is 2.22. The first kappa shape index (κ1) is 9.25. The summed E-state index contributed by atoms with van der Waals surface area (Å²) in [4.78, 5) is 0. The molecule has 0 nitrogen and oxygen atoms in total. The molecule has 0 aromatic carbocycles. The molecule has 0 amide bonds. The minimum atomic E-state index is 0.809. The fourth-order valence-corrected chi connectivity index (χ4v) is 1.74. The van der Waals surface area contributed by atoms with E-state index in [2.05, 4.69) is 19.5 Å². The molecule has 0 spiro atoms. The molecule has 0 aliphatic heterocycles. The predicted octanol–water partition coefficient (Wildman–Crippen LogP) is 2.66. The topological polar surface area (TPSA) is 0 Å². The van der Waals surface area contributed by atoms with Crippen LogP contribution in [0.4, 0.5) is 0 Å². The molecule has 0 aliphatic rings. The third-order valence-corrected chi connectivity index (χ3v) is 2.54. The van der Waals surface area contributed by atoms with Crippen molar-refractivity contribution in [2.24, 2.45) is 0 Å². The van der Waals surface area contributed by atoms with Crippen LogP contribution in [0.15, 0.2) is 11.3 Å². The molecule has 2 radical (unpaired) electrons. The molecule has 0 bridgehead atoms.